The van der Waals surface area contributed by atoms with Crippen molar-refractivity contribution in [1.29, 1.82) is 0 Å². The van der Waals surface area contributed by atoms with Gasteiger partial charge >= 0.3 is 5.92 Å². The average molecular weight is 283 g/mol. The molecule has 0 unspecified atom stereocenters. The molecule has 0 spiro atoms. The van der Waals surface area contributed by atoms with E-state index in [4.69, 9.17) is 11.6 Å². The molecule has 0 saturated carbocycles. The lowest BCUT2D eigenvalue weighted by molar-refractivity contribution is -0.141. The van der Waals surface area contributed by atoms with Gasteiger partial charge in [-0.15, -0.1) is 11.6 Å². The normalized spacial score (nSPS) is 11.4. The van der Waals surface area contributed by atoms with E-state index in [-0.39, 0.29) is 5.56 Å². The summed E-state index contributed by atoms with van der Waals surface area (Å²) >= 11 is 8.19. The Labute approximate surface area is 93.2 Å². The summed E-state index contributed by atoms with van der Waals surface area (Å²) in [4.78, 5) is 10.8. The van der Waals surface area contributed by atoms with Gasteiger partial charge in [0.1, 0.15) is 0 Å². The molecule has 0 fully saturated rings. The maximum absolute atomic E-state index is 13.2. The fourth-order valence-corrected chi connectivity index (χ4v) is 1.34. The van der Waals surface area contributed by atoms with E-state index in [1.54, 1.807) is 0 Å². The third-order valence-corrected chi connectivity index (χ3v) is 2.45. The smallest absolute Gasteiger partial charge is 0.291 e. The predicted octanol–water partition coefficient (Wildman–Crippen LogP) is 3.35. The largest absolute Gasteiger partial charge is 0.331 e. The monoisotopic (exact) mass is 282 g/mol. The fraction of sp³-hybridized carbons (Fsp3) is 0.222. The van der Waals surface area contributed by atoms with Crippen LogP contribution in [0.4, 0.5) is 8.78 Å². The summed E-state index contributed by atoms with van der Waals surface area (Å²) in [7, 11) is 0. The lowest BCUT2D eigenvalue weighted by Gasteiger charge is -2.13. The molecule has 0 saturated heterocycles. The van der Waals surface area contributed by atoms with Crippen molar-refractivity contribution >= 4 is 33.3 Å². The van der Waals surface area contributed by atoms with Crippen LogP contribution in [0.15, 0.2) is 28.7 Å². The molecule has 76 valence electrons. The van der Waals surface area contributed by atoms with Crippen LogP contribution in [-0.2, 0) is 10.7 Å². The zero-order valence-electron chi connectivity index (χ0n) is 6.94. The molecule has 0 aliphatic rings. The molecule has 14 heavy (non-hydrogen) atoms. The first-order valence-corrected chi connectivity index (χ1v) is 5.04. The summed E-state index contributed by atoms with van der Waals surface area (Å²) in [5.74, 6) is -5.48. The van der Waals surface area contributed by atoms with Crippen molar-refractivity contribution in [3.05, 3.63) is 34.3 Å². The Balaban J connectivity index is 3.03. The highest BCUT2D eigenvalue weighted by Crippen LogP contribution is 2.30. The fourth-order valence-electron chi connectivity index (χ4n) is 0.904. The van der Waals surface area contributed by atoms with Gasteiger partial charge in [0.15, 0.2) is 0 Å². The van der Waals surface area contributed by atoms with Crippen LogP contribution in [0.25, 0.3) is 0 Å². The standard InChI is InChI=1S/C9H6BrClF2O/c10-7-3-1-6(2-4-7)9(12,13)8(14)5-11/h1-4H,5H2. The number of hydrogen-bond acceptors (Lipinski definition) is 1. The molecule has 1 aromatic rings. The predicted molar refractivity (Wildman–Crippen MR) is 53.8 cm³/mol. The number of hydrogen-bond donors (Lipinski definition) is 0. The Morgan fingerprint density at radius 1 is 1.36 bits per heavy atom. The second-order valence-electron chi connectivity index (χ2n) is 2.64. The highest BCUT2D eigenvalue weighted by atomic mass is 79.9. The zero-order chi connectivity index (χ0) is 10.8. The van der Waals surface area contributed by atoms with Crippen LogP contribution in [0.5, 0.6) is 0 Å². The Morgan fingerprint density at radius 3 is 2.29 bits per heavy atom. The van der Waals surface area contributed by atoms with Crippen LogP contribution in [0.3, 0.4) is 0 Å². The van der Waals surface area contributed by atoms with Crippen molar-refractivity contribution in [1.82, 2.24) is 0 Å². The quantitative estimate of drug-likeness (QED) is 0.778. The molecule has 0 N–H and O–H groups in total. The van der Waals surface area contributed by atoms with Crippen molar-refractivity contribution < 1.29 is 13.6 Å². The van der Waals surface area contributed by atoms with Crippen molar-refractivity contribution in [3.63, 3.8) is 0 Å². The van der Waals surface area contributed by atoms with Gasteiger partial charge in [0.05, 0.1) is 5.88 Å². The Hall–Kier alpha value is -0.480. The van der Waals surface area contributed by atoms with E-state index in [0.717, 1.165) is 0 Å². The second kappa shape index (κ2) is 4.36. The first-order valence-electron chi connectivity index (χ1n) is 3.71. The molecule has 1 nitrogen and oxygen atoms in total. The van der Waals surface area contributed by atoms with Gasteiger partial charge in [-0.05, 0) is 12.1 Å². The number of carbonyl (C=O) groups excluding carboxylic acids is 1. The molecule has 1 rings (SSSR count). The first kappa shape index (κ1) is 11.6. The number of halogens is 4. The van der Waals surface area contributed by atoms with Gasteiger partial charge in [0, 0.05) is 10.0 Å². The zero-order valence-corrected chi connectivity index (χ0v) is 9.28. The summed E-state index contributed by atoms with van der Waals surface area (Å²) in [6.45, 7) is 0. The number of carbonyl (C=O) groups is 1. The molecule has 0 aliphatic heterocycles. The van der Waals surface area contributed by atoms with Gasteiger partial charge in [0.25, 0.3) is 0 Å². The Kier molecular flexibility index (Phi) is 3.61. The Bertz CT molecular complexity index is 337. The molecule has 0 heterocycles. The number of Topliss-reactive ketones (excluding diaryl/α,β-unsaturated/α-hetero) is 1. The van der Waals surface area contributed by atoms with Crippen LogP contribution < -0.4 is 0 Å². The maximum Gasteiger partial charge on any atom is 0.331 e. The molecule has 0 radical (unpaired) electrons. The van der Waals surface area contributed by atoms with E-state index in [2.05, 4.69) is 15.9 Å². The number of benzene rings is 1. The van der Waals surface area contributed by atoms with Crippen LogP contribution in [-0.4, -0.2) is 11.7 Å². The van der Waals surface area contributed by atoms with Crippen molar-refractivity contribution in [3.8, 4) is 0 Å². The van der Waals surface area contributed by atoms with E-state index in [1.807, 2.05) is 0 Å². The molecule has 1 aromatic carbocycles. The minimum atomic E-state index is -3.50. The average Bonchev–Trinajstić information content (AvgIpc) is 2.17. The van der Waals surface area contributed by atoms with Crippen molar-refractivity contribution in [2.75, 3.05) is 5.88 Å². The van der Waals surface area contributed by atoms with Crippen LogP contribution >= 0.6 is 27.5 Å². The summed E-state index contributed by atoms with van der Waals surface area (Å²) < 4.78 is 27.1. The van der Waals surface area contributed by atoms with Gasteiger partial charge in [-0.3, -0.25) is 4.79 Å². The highest BCUT2D eigenvalue weighted by Gasteiger charge is 2.39. The van der Waals surface area contributed by atoms with E-state index in [1.165, 1.54) is 24.3 Å². The summed E-state index contributed by atoms with van der Waals surface area (Å²) in [5.41, 5.74) is -0.341. The Morgan fingerprint density at radius 2 is 1.86 bits per heavy atom. The molecule has 0 atom stereocenters. The SMILES string of the molecule is O=C(CCl)C(F)(F)c1ccc(Br)cc1. The van der Waals surface area contributed by atoms with Crippen LogP contribution in [0, 0.1) is 0 Å². The molecular weight excluding hydrogens is 277 g/mol. The van der Waals surface area contributed by atoms with Crippen molar-refractivity contribution in [2.45, 2.75) is 5.92 Å². The third kappa shape index (κ3) is 2.30. The van der Waals surface area contributed by atoms with Crippen molar-refractivity contribution in [2.24, 2.45) is 0 Å². The van der Waals surface area contributed by atoms with Gasteiger partial charge in [0.2, 0.25) is 5.78 Å². The molecule has 0 amide bonds. The summed E-state index contributed by atoms with van der Waals surface area (Å²) in [5, 5.41) is 0. The third-order valence-electron chi connectivity index (χ3n) is 1.68. The molecule has 0 bridgehead atoms. The highest BCUT2D eigenvalue weighted by molar-refractivity contribution is 9.10. The summed E-state index contributed by atoms with van der Waals surface area (Å²) in [6, 6.07) is 5.28. The van der Waals surface area contributed by atoms with E-state index < -0.39 is 17.6 Å². The topological polar surface area (TPSA) is 17.1 Å². The number of alkyl halides is 3. The van der Waals surface area contributed by atoms with Gasteiger partial charge < -0.3 is 0 Å². The lowest BCUT2D eigenvalue weighted by atomic mass is 10.1. The van der Waals surface area contributed by atoms with E-state index >= 15 is 0 Å². The molecule has 0 aliphatic carbocycles. The number of rotatable bonds is 3. The van der Waals surface area contributed by atoms with Gasteiger partial charge in [-0.1, -0.05) is 28.1 Å². The van der Waals surface area contributed by atoms with Gasteiger partial charge in [-0.25, -0.2) is 0 Å². The van der Waals surface area contributed by atoms with Crippen LogP contribution in [0.2, 0.25) is 0 Å². The lowest BCUT2D eigenvalue weighted by Crippen LogP contribution is -2.26. The van der Waals surface area contributed by atoms with E-state index in [9.17, 15) is 13.6 Å². The van der Waals surface area contributed by atoms with E-state index in [0.29, 0.717) is 4.47 Å². The minimum absolute atomic E-state index is 0.341. The number of ketones is 1. The van der Waals surface area contributed by atoms with Gasteiger partial charge in [-0.2, -0.15) is 8.78 Å². The molecule has 5 heteroatoms. The summed E-state index contributed by atoms with van der Waals surface area (Å²) in [6.07, 6.45) is 0. The van der Waals surface area contributed by atoms with Crippen LogP contribution in [0.1, 0.15) is 5.56 Å². The molecule has 0 aromatic heterocycles. The minimum Gasteiger partial charge on any atom is -0.291 e. The maximum atomic E-state index is 13.2. The second-order valence-corrected chi connectivity index (χ2v) is 3.82. The molecular formula is C9H6BrClF2O. The first-order chi connectivity index (χ1) is 6.48.